The fourth-order valence-electron chi connectivity index (χ4n) is 2.85. The van der Waals surface area contributed by atoms with Crippen LogP contribution in [-0.4, -0.2) is 18.7 Å². The molecule has 0 N–H and O–H groups in total. The molecule has 0 aliphatic heterocycles. The van der Waals surface area contributed by atoms with Crippen LogP contribution in [0.4, 0.5) is 0 Å². The molecule has 0 radical (unpaired) electrons. The summed E-state index contributed by atoms with van der Waals surface area (Å²) in [6, 6.07) is 7.08. The third-order valence-corrected chi connectivity index (χ3v) is 4.58. The van der Waals surface area contributed by atoms with Crippen LogP contribution < -0.4 is 11.2 Å². The molecule has 0 amide bonds. The maximum absolute atomic E-state index is 13.1. The average Bonchev–Trinajstić information content (AvgIpc) is 3.00. The lowest BCUT2D eigenvalue weighted by Crippen LogP contribution is -2.40. The van der Waals surface area contributed by atoms with Crippen LogP contribution in [-0.2, 0) is 13.1 Å². The van der Waals surface area contributed by atoms with Gasteiger partial charge in [0.25, 0.3) is 5.56 Å². The summed E-state index contributed by atoms with van der Waals surface area (Å²) >= 11 is 6.31. The number of hydrogen-bond acceptors (Lipinski definition) is 3. The number of nitrogens with zero attached hydrogens (tertiary/aromatic N) is 4. The first kappa shape index (κ1) is 17.5. The van der Waals surface area contributed by atoms with Gasteiger partial charge in [0.05, 0.1) is 17.0 Å². The predicted octanol–water partition coefficient (Wildman–Crippen LogP) is 3.07. The summed E-state index contributed by atoms with van der Waals surface area (Å²) in [4.78, 5) is 30.3. The van der Waals surface area contributed by atoms with Gasteiger partial charge in [0.2, 0.25) is 0 Å². The number of benzene rings is 1. The summed E-state index contributed by atoms with van der Waals surface area (Å²) < 4.78 is 4.49. The maximum atomic E-state index is 13.1. The zero-order chi connectivity index (χ0) is 18.1. The van der Waals surface area contributed by atoms with E-state index in [1.54, 1.807) is 35.2 Å². The third-order valence-electron chi connectivity index (χ3n) is 4.26. The first-order chi connectivity index (χ1) is 12.0. The van der Waals surface area contributed by atoms with Crippen molar-refractivity contribution in [3.8, 4) is 5.69 Å². The van der Waals surface area contributed by atoms with Gasteiger partial charge in [-0.1, -0.05) is 37.6 Å². The minimum Gasteiger partial charge on any atom is -0.325 e. The van der Waals surface area contributed by atoms with Crippen LogP contribution in [0.5, 0.6) is 0 Å². The van der Waals surface area contributed by atoms with E-state index in [4.69, 9.17) is 11.6 Å². The van der Waals surface area contributed by atoms with Crippen molar-refractivity contribution in [1.82, 2.24) is 18.7 Å². The molecular formula is C18H21ClN4O2. The van der Waals surface area contributed by atoms with Crippen LogP contribution in [0, 0.1) is 5.92 Å². The van der Waals surface area contributed by atoms with Crippen molar-refractivity contribution in [2.45, 2.75) is 40.3 Å². The van der Waals surface area contributed by atoms with Crippen molar-refractivity contribution in [3.63, 3.8) is 0 Å². The smallest absolute Gasteiger partial charge is 0.325 e. The summed E-state index contributed by atoms with van der Waals surface area (Å²) in [6.07, 6.45) is 2.33. The lowest BCUT2D eigenvalue weighted by atomic mass is 10.1. The zero-order valence-corrected chi connectivity index (χ0v) is 15.3. The minimum atomic E-state index is -0.410. The third kappa shape index (κ3) is 3.02. The Labute approximate surface area is 150 Å². The van der Waals surface area contributed by atoms with Gasteiger partial charge in [-0.15, -0.1) is 0 Å². The van der Waals surface area contributed by atoms with Gasteiger partial charge in [-0.2, -0.15) is 0 Å². The van der Waals surface area contributed by atoms with Crippen molar-refractivity contribution in [1.29, 1.82) is 0 Å². The first-order valence-electron chi connectivity index (χ1n) is 8.41. The number of aromatic nitrogens is 4. The molecule has 2 aromatic heterocycles. The van der Waals surface area contributed by atoms with Gasteiger partial charge >= 0.3 is 5.69 Å². The van der Waals surface area contributed by atoms with Gasteiger partial charge in [-0.05, 0) is 31.4 Å². The highest BCUT2D eigenvalue weighted by Crippen LogP contribution is 2.21. The molecule has 132 valence electrons. The monoisotopic (exact) mass is 360 g/mol. The van der Waals surface area contributed by atoms with E-state index in [0.29, 0.717) is 40.9 Å². The summed E-state index contributed by atoms with van der Waals surface area (Å²) in [5.74, 6) is 0.381. The van der Waals surface area contributed by atoms with Crippen molar-refractivity contribution >= 4 is 22.8 Å². The van der Waals surface area contributed by atoms with Crippen LogP contribution in [0.2, 0.25) is 5.02 Å². The van der Waals surface area contributed by atoms with Crippen molar-refractivity contribution < 1.29 is 0 Å². The fraction of sp³-hybridized carbons (Fsp3) is 0.389. The molecule has 0 bridgehead atoms. The highest BCUT2D eigenvalue weighted by Gasteiger charge is 2.19. The number of fused-ring (bicyclic) bond motifs is 1. The molecule has 25 heavy (non-hydrogen) atoms. The molecule has 0 fully saturated rings. The quantitative estimate of drug-likeness (QED) is 0.702. The molecule has 2 heterocycles. The lowest BCUT2D eigenvalue weighted by molar-refractivity contribution is 0.491. The van der Waals surface area contributed by atoms with Gasteiger partial charge < -0.3 is 4.57 Å². The second-order valence-corrected chi connectivity index (χ2v) is 6.82. The molecule has 3 rings (SSSR count). The SMILES string of the molecule is CCn1cnc2c1c(=O)n(CCC(C)C)c(=O)n2-c1ccccc1Cl. The summed E-state index contributed by atoms with van der Waals surface area (Å²) in [5, 5.41) is 0.436. The predicted molar refractivity (Wildman–Crippen MR) is 99.7 cm³/mol. The number of halogens is 1. The molecule has 0 spiro atoms. The molecule has 0 unspecified atom stereocenters. The van der Waals surface area contributed by atoms with Crippen LogP contribution in [0.1, 0.15) is 27.2 Å². The normalized spacial score (nSPS) is 11.6. The van der Waals surface area contributed by atoms with Crippen molar-refractivity contribution in [3.05, 3.63) is 56.5 Å². The van der Waals surface area contributed by atoms with E-state index in [0.717, 1.165) is 6.42 Å². The Bertz CT molecular complexity index is 1030. The Hall–Kier alpha value is -2.34. The van der Waals surface area contributed by atoms with Crippen LogP contribution in [0.3, 0.4) is 0 Å². The van der Waals surface area contributed by atoms with Crippen LogP contribution in [0.25, 0.3) is 16.9 Å². The maximum Gasteiger partial charge on any atom is 0.337 e. The summed E-state index contributed by atoms with van der Waals surface area (Å²) in [5.41, 5.74) is 0.575. The molecule has 0 atom stereocenters. The Kier molecular flexibility index (Phi) is 4.81. The highest BCUT2D eigenvalue weighted by atomic mass is 35.5. The topological polar surface area (TPSA) is 61.8 Å². The Morgan fingerprint density at radius 3 is 2.56 bits per heavy atom. The van der Waals surface area contributed by atoms with Gasteiger partial charge in [0.1, 0.15) is 0 Å². The molecule has 0 aliphatic carbocycles. The van der Waals surface area contributed by atoms with Crippen LogP contribution >= 0.6 is 11.6 Å². The molecular weight excluding hydrogens is 340 g/mol. The van der Waals surface area contributed by atoms with Gasteiger partial charge in [-0.25, -0.2) is 14.3 Å². The van der Waals surface area contributed by atoms with Crippen LogP contribution in [0.15, 0.2) is 40.2 Å². The van der Waals surface area contributed by atoms with E-state index in [-0.39, 0.29) is 5.56 Å². The van der Waals surface area contributed by atoms with Crippen molar-refractivity contribution in [2.75, 3.05) is 0 Å². The number of aryl methyl sites for hydroxylation is 1. The minimum absolute atomic E-state index is 0.302. The van der Waals surface area contributed by atoms with E-state index >= 15 is 0 Å². The lowest BCUT2D eigenvalue weighted by Gasteiger charge is -2.14. The summed E-state index contributed by atoms with van der Waals surface area (Å²) in [6.45, 7) is 7.02. The Morgan fingerprint density at radius 1 is 1.20 bits per heavy atom. The molecule has 3 aromatic rings. The van der Waals surface area contributed by atoms with E-state index in [2.05, 4.69) is 18.8 Å². The molecule has 0 saturated heterocycles. The molecule has 1 aromatic carbocycles. The van der Waals surface area contributed by atoms with E-state index in [9.17, 15) is 9.59 Å². The first-order valence-corrected chi connectivity index (χ1v) is 8.79. The van der Waals surface area contributed by atoms with E-state index in [1.807, 2.05) is 6.92 Å². The van der Waals surface area contributed by atoms with E-state index < -0.39 is 5.69 Å². The number of imidazole rings is 1. The number of rotatable bonds is 5. The number of para-hydroxylation sites is 1. The zero-order valence-electron chi connectivity index (χ0n) is 14.6. The fourth-order valence-corrected chi connectivity index (χ4v) is 3.07. The van der Waals surface area contributed by atoms with E-state index in [1.165, 1.54) is 9.13 Å². The largest absolute Gasteiger partial charge is 0.337 e. The molecule has 0 aliphatic rings. The van der Waals surface area contributed by atoms with Gasteiger partial charge in [0, 0.05) is 13.1 Å². The average molecular weight is 361 g/mol. The standard InChI is InChI=1S/C18H21ClN4O2/c1-4-21-11-20-16-15(21)17(24)22(10-9-12(2)3)18(25)23(16)14-8-6-5-7-13(14)19/h5-8,11-12H,4,9-10H2,1-3H3. The highest BCUT2D eigenvalue weighted by molar-refractivity contribution is 6.32. The number of hydrogen-bond donors (Lipinski definition) is 0. The second-order valence-electron chi connectivity index (χ2n) is 6.41. The van der Waals surface area contributed by atoms with Gasteiger partial charge in [0.15, 0.2) is 11.2 Å². The Morgan fingerprint density at radius 2 is 1.92 bits per heavy atom. The molecule has 0 saturated carbocycles. The molecule has 6 nitrogen and oxygen atoms in total. The second kappa shape index (κ2) is 6.88. The summed E-state index contributed by atoms with van der Waals surface area (Å²) in [7, 11) is 0. The Balaban J connectivity index is 2.40. The van der Waals surface area contributed by atoms with Gasteiger partial charge in [-0.3, -0.25) is 9.36 Å². The van der Waals surface area contributed by atoms with Crippen molar-refractivity contribution in [2.24, 2.45) is 5.92 Å². The molecule has 7 heteroatoms.